The summed E-state index contributed by atoms with van der Waals surface area (Å²) >= 11 is 1.41. The first-order valence-electron chi connectivity index (χ1n) is 6.35. The van der Waals surface area contributed by atoms with Gasteiger partial charge in [0.05, 0.1) is 5.75 Å². The molecule has 0 spiro atoms. The van der Waals surface area contributed by atoms with Crippen LogP contribution in [0, 0.1) is 5.92 Å². The molecule has 19 heavy (non-hydrogen) atoms. The summed E-state index contributed by atoms with van der Waals surface area (Å²) in [4.78, 5) is 23.8. The lowest BCUT2D eigenvalue weighted by Gasteiger charge is -2.13. The van der Waals surface area contributed by atoms with Crippen molar-refractivity contribution in [1.29, 1.82) is 0 Å². The van der Waals surface area contributed by atoms with E-state index < -0.39 is 12.0 Å². The summed E-state index contributed by atoms with van der Waals surface area (Å²) in [6, 6.07) is 8.85. The summed E-state index contributed by atoms with van der Waals surface area (Å²) in [6.07, 6.45) is 2.72. The Kier molecular flexibility index (Phi) is 4.85. The Bertz CT molecular complexity index is 445. The van der Waals surface area contributed by atoms with E-state index in [1.807, 2.05) is 30.3 Å². The average Bonchev–Trinajstić information content (AvgIpc) is 3.21. The number of rotatable bonds is 7. The third-order valence-corrected chi connectivity index (χ3v) is 4.02. The fourth-order valence-corrected chi connectivity index (χ4v) is 2.54. The Morgan fingerprint density at radius 1 is 1.32 bits per heavy atom. The zero-order valence-corrected chi connectivity index (χ0v) is 11.4. The van der Waals surface area contributed by atoms with Crippen molar-refractivity contribution in [1.82, 2.24) is 5.32 Å². The second kappa shape index (κ2) is 6.61. The molecule has 0 aromatic heterocycles. The quantitative estimate of drug-likeness (QED) is 0.751. The molecular weight excluding hydrogens is 262 g/mol. The number of hydrogen-bond donors (Lipinski definition) is 2. The SMILES string of the molecule is O=C(CSc1ccccc1)NC(CC1CC1)C(=O)O. The highest BCUT2D eigenvalue weighted by Gasteiger charge is 2.30. The molecule has 2 N–H and O–H groups in total. The van der Waals surface area contributed by atoms with E-state index in [0.717, 1.165) is 17.7 Å². The van der Waals surface area contributed by atoms with Crippen LogP contribution in [-0.4, -0.2) is 28.8 Å². The Labute approximate surface area is 116 Å². The van der Waals surface area contributed by atoms with Gasteiger partial charge < -0.3 is 10.4 Å². The average molecular weight is 279 g/mol. The van der Waals surface area contributed by atoms with E-state index in [-0.39, 0.29) is 11.7 Å². The van der Waals surface area contributed by atoms with Gasteiger partial charge in [0.15, 0.2) is 0 Å². The van der Waals surface area contributed by atoms with E-state index in [2.05, 4.69) is 5.32 Å². The monoisotopic (exact) mass is 279 g/mol. The van der Waals surface area contributed by atoms with Crippen molar-refractivity contribution >= 4 is 23.6 Å². The molecule has 0 saturated heterocycles. The fraction of sp³-hybridized carbons (Fsp3) is 0.429. The van der Waals surface area contributed by atoms with Gasteiger partial charge in [-0.1, -0.05) is 31.0 Å². The molecule has 2 rings (SSSR count). The van der Waals surface area contributed by atoms with Gasteiger partial charge in [-0.05, 0) is 24.5 Å². The molecular formula is C14H17NO3S. The van der Waals surface area contributed by atoms with Crippen molar-refractivity contribution in [2.45, 2.75) is 30.2 Å². The van der Waals surface area contributed by atoms with E-state index in [0.29, 0.717) is 12.3 Å². The molecule has 5 heteroatoms. The van der Waals surface area contributed by atoms with Crippen LogP contribution < -0.4 is 5.32 Å². The third-order valence-electron chi connectivity index (χ3n) is 3.01. The highest BCUT2D eigenvalue weighted by molar-refractivity contribution is 8.00. The molecule has 1 fully saturated rings. The van der Waals surface area contributed by atoms with Crippen molar-refractivity contribution in [2.24, 2.45) is 5.92 Å². The Balaban J connectivity index is 1.77. The van der Waals surface area contributed by atoms with Gasteiger partial charge in [0.2, 0.25) is 5.91 Å². The number of aliphatic carboxylic acids is 1. The largest absolute Gasteiger partial charge is 0.480 e. The Hall–Kier alpha value is -1.49. The molecule has 1 aliphatic rings. The molecule has 1 aromatic carbocycles. The van der Waals surface area contributed by atoms with Gasteiger partial charge in [-0.25, -0.2) is 4.79 Å². The van der Waals surface area contributed by atoms with E-state index in [9.17, 15) is 9.59 Å². The lowest BCUT2D eigenvalue weighted by molar-refractivity contribution is -0.141. The number of carbonyl (C=O) groups excluding carboxylic acids is 1. The van der Waals surface area contributed by atoms with Gasteiger partial charge in [0, 0.05) is 4.90 Å². The fourth-order valence-electron chi connectivity index (χ4n) is 1.81. The molecule has 1 saturated carbocycles. The highest BCUT2D eigenvalue weighted by Crippen LogP contribution is 2.33. The maximum absolute atomic E-state index is 11.7. The number of hydrogen-bond acceptors (Lipinski definition) is 3. The van der Waals surface area contributed by atoms with Crippen LogP contribution in [0.1, 0.15) is 19.3 Å². The number of carboxylic acids is 1. The Morgan fingerprint density at radius 3 is 2.58 bits per heavy atom. The molecule has 1 unspecified atom stereocenters. The standard InChI is InChI=1S/C14H17NO3S/c16-13(9-19-11-4-2-1-3-5-11)15-12(14(17)18)8-10-6-7-10/h1-5,10,12H,6-9H2,(H,15,16)(H,17,18). The zero-order chi connectivity index (χ0) is 13.7. The number of carboxylic acid groups (broad SMARTS) is 1. The molecule has 102 valence electrons. The van der Waals surface area contributed by atoms with E-state index in [1.165, 1.54) is 11.8 Å². The first-order chi connectivity index (χ1) is 9.15. The number of amides is 1. The van der Waals surface area contributed by atoms with Crippen molar-refractivity contribution in [3.63, 3.8) is 0 Å². The van der Waals surface area contributed by atoms with Crippen molar-refractivity contribution in [3.8, 4) is 0 Å². The molecule has 0 bridgehead atoms. The summed E-state index contributed by atoms with van der Waals surface area (Å²) < 4.78 is 0. The molecule has 0 aliphatic heterocycles. The van der Waals surface area contributed by atoms with Crippen molar-refractivity contribution in [3.05, 3.63) is 30.3 Å². The maximum atomic E-state index is 11.7. The third kappa shape index (κ3) is 4.95. The second-order valence-corrected chi connectivity index (χ2v) is 5.79. The summed E-state index contributed by atoms with van der Waals surface area (Å²) in [7, 11) is 0. The lowest BCUT2D eigenvalue weighted by Crippen LogP contribution is -2.41. The normalized spacial score (nSPS) is 15.8. The van der Waals surface area contributed by atoms with Crippen LogP contribution >= 0.6 is 11.8 Å². The minimum absolute atomic E-state index is 0.220. The lowest BCUT2D eigenvalue weighted by atomic mass is 10.1. The number of carbonyl (C=O) groups is 2. The van der Waals surface area contributed by atoms with Crippen LogP contribution in [0.2, 0.25) is 0 Å². The predicted molar refractivity (Wildman–Crippen MR) is 74.1 cm³/mol. The summed E-state index contributed by atoms with van der Waals surface area (Å²) in [5.74, 6) is -0.437. The molecule has 0 radical (unpaired) electrons. The van der Waals surface area contributed by atoms with Crippen molar-refractivity contribution in [2.75, 3.05) is 5.75 Å². The smallest absolute Gasteiger partial charge is 0.326 e. The van der Waals surface area contributed by atoms with Crippen LogP contribution in [0.5, 0.6) is 0 Å². The van der Waals surface area contributed by atoms with Gasteiger partial charge in [0.25, 0.3) is 0 Å². The minimum Gasteiger partial charge on any atom is -0.480 e. The zero-order valence-electron chi connectivity index (χ0n) is 10.5. The van der Waals surface area contributed by atoms with Gasteiger partial charge in [-0.2, -0.15) is 0 Å². The predicted octanol–water partition coefficient (Wildman–Crippen LogP) is 2.15. The Morgan fingerprint density at radius 2 is 2.00 bits per heavy atom. The van der Waals surface area contributed by atoms with Gasteiger partial charge in [-0.15, -0.1) is 11.8 Å². The molecule has 4 nitrogen and oxygen atoms in total. The van der Waals surface area contributed by atoms with Crippen LogP contribution in [-0.2, 0) is 9.59 Å². The van der Waals surface area contributed by atoms with E-state index >= 15 is 0 Å². The number of thioether (sulfide) groups is 1. The first-order valence-corrected chi connectivity index (χ1v) is 7.33. The topological polar surface area (TPSA) is 66.4 Å². The molecule has 1 aromatic rings. The van der Waals surface area contributed by atoms with Crippen LogP contribution in [0.25, 0.3) is 0 Å². The number of benzene rings is 1. The molecule has 1 amide bonds. The van der Waals surface area contributed by atoms with Crippen LogP contribution in [0.4, 0.5) is 0 Å². The number of nitrogens with one attached hydrogen (secondary N) is 1. The van der Waals surface area contributed by atoms with Gasteiger partial charge in [0.1, 0.15) is 6.04 Å². The van der Waals surface area contributed by atoms with E-state index in [4.69, 9.17) is 5.11 Å². The van der Waals surface area contributed by atoms with E-state index in [1.54, 1.807) is 0 Å². The summed E-state index contributed by atoms with van der Waals surface area (Å²) in [6.45, 7) is 0. The van der Waals surface area contributed by atoms with Crippen molar-refractivity contribution < 1.29 is 14.7 Å². The maximum Gasteiger partial charge on any atom is 0.326 e. The summed E-state index contributed by atoms with van der Waals surface area (Å²) in [5, 5.41) is 11.7. The second-order valence-electron chi connectivity index (χ2n) is 4.74. The van der Waals surface area contributed by atoms with Crippen LogP contribution in [0.15, 0.2) is 35.2 Å². The van der Waals surface area contributed by atoms with Crippen LogP contribution in [0.3, 0.4) is 0 Å². The molecule has 0 heterocycles. The van der Waals surface area contributed by atoms with Gasteiger partial charge in [-0.3, -0.25) is 4.79 Å². The van der Waals surface area contributed by atoms with Gasteiger partial charge >= 0.3 is 5.97 Å². The summed E-state index contributed by atoms with van der Waals surface area (Å²) in [5.41, 5.74) is 0. The molecule has 1 atom stereocenters. The molecule has 1 aliphatic carbocycles. The highest BCUT2D eigenvalue weighted by atomic mass is 32.2. The first kappa shape index (κ1) is 13.9. The minimum atomic E-state index is -0.940.